The number of benzene rings is 2. The third-order valence-electron chi connectivity index (χ3n) is 3.58. The van der Waals surface area contributed by atoms with Crippen LogP contribution in [0, 0.1) is 0 Å². The van der Waals surface area contributed by atoms with Gasteiger partial charge in [-0.1, -0.05) is 29.8 Å². The van der Waals surface area contributed by atoms with Crippen molar-refractivity contribution in [3.05, 3.63) is 59.4 Å². The van der Waals surface area contributed by atoms with E-state index in [1.807, 2.05) is 18.2 Å². The van der Waals surface area contributed by atoms with Gasteiger partial charge >= 0.3 is 0 Å². The molecule has 136 valence electrons. The second-order valence-electron chi connectivity index (χ2n) is 5.26. The fourth-order valence-corrected chi connectivity index (χ4v) is 3.56. The first-order valence-corrected chi connectivity index (χ1v) is 9.33. The zero-order valence-electron chi connectivity index (χ0n) is 14.2. The highest BCUT2D eigenvalue weighted by atomic mass is 35.5. The van der Waals surface area contributed by atoms with Gasteiger partial charge in [-0.3, -0.25) is 9.29 Å². The van der Waals surface area contributed by atoms with Crippen LogP contribution in [0.5, 0.6) is 11.5 Å². The van der Waals surface area contributed by atoms with Crippen molar-refractivity contribution in [2.75, 3.05) is 18.9 Å². The summed E-state index contributed by atoms with van der Waals surface area (Å²) in [7, 11) is 1.70. The Kier molecular flexibility index (Phi) is 5.75. The summed E-state index contributed by atoms with van der Waals surface area (Å²) in [5.74, 6) is 1.74. The van der Waals surface area contributed by atoms with E-state index in [1.165, 1.54) is 6.33 Å². The number of anilines is 1. The van der Waals surface area contributed by atoms with Gasteiger partial charge in [0.05, 0.1) is 20.0 Å². The molecule has 1 N–H and O–H groups in total. The number of rotatable bonds is 7. The van der Waals surface area contributed by atoms with Gasteiger partial charge in [-0.15, -0.1) is 10.2 Å². The number of nitrogens with one attached hydrogen (secondary N) is 1. The molecule has 0 spiro atoms. The van der Waals surface area contributed by atoms with E-state index in [4.69, 9.17) is 21.1 Å². The maximum absolute atomic E-state index is 12.5. The van der Waals surface area contributed by atoms with E-state index in [1.54, 1.807) is 43.1 Å². The van der Waals surface area contributed by atoms with Crippen LogP contribution >= 0.6 is 11.6 Å². The van der Waals surface area contributed by atoms with Crippen molar-refractivity contribution in [1.29, 1.82) is 0 Å². The Bertz CT molecular complexity index is 910. The predicted octanol–water partition coefficient (Wildman–Crippen LogP) is 3.21. The highest BCUT2D eigenvalue weighted by molar-refractivity contribution is 7.85. The van der Waals surface area contributed by atoms with E-state index in [0.717, 1.165) is 5.56 Å². The fraction of sp³-hybridized carbons (Fsp3) is 0.176. The Morgan fingerprint density at radius 1 is 1.15 bits per heavy atom. The first-order chi connectivity index (χ1) is 12.6. The molecular weight excluding hydrogens is 376 g/mol. The maximum Gasteiger partial charge on any atom is 0.241 e. The van der Waals surface area contributed by atoms with E-state index in [2.05, 4.69) is 14.9 Å². The van der Waals surface area contributed by atoms with Crippen molar-refractivity contribution >= 4 is 28.5 Å². The first-order valence-electron chi connectivity index (χ1n) is 7.63. The zero-order chi connectivity index (χ0) is 18.5. The van der Waals surface area contributed by atoms with Crippen LogP contribution in [-0.4, -0.2) is 33.2 Å². The molecule has 7 nitrogen and oxygen atoms in total. The topological polar surface area (TPSA) is 78.3 Å². The number of methoxy groups -OCH3 is 2. The van der Waals surface area contributed by atoms with Crippen molar-refractivity contribution in [3.63, 3.8) is 0 Å². The number of hydrogen-bond donors (Lipinski definition) is 1. The van der Waals surface area contributed by atoms with E-state index < -0.39 is 11.0 Å². The average Bonchev–Trinajstić information content (AvgIpc) is 3.08. The zero-order valence-corrected chi connectivity index (χ0v) is 15.8. The molecule has 1 atom stereocenters. The Labute approximate surface area is 158 Å². The summed E-state index contributed by atoms with van der Waals surface area (Å²) >= 11 is 5.97. The minimum Gasteiger partial charge on any atom is -0.494 e. The molecule has 0 radical (unpaired) electrons. The molecule has 1 heterocycles. The van der Waals surface area contributed by atoms with E-state index >= 15 is 0 Å². The van der Waals surface area contributed by atoms with Gasteiger partial charge in [0, 0.05) is 5.02 Å². The number of ether oxygens (including phenoxy) is 2. The molecule has 0 amide bonds. The summed E-state index contributed by atoms with van der Waals surface area (Å²) in [5.41, 5.74) is 1.47. The minimum atomic E-state index is -1.42. The molecule has 0 aliphatic heterocycles. The SMILES string of the molecule is COc1cccc(OC)c1-n1cnnc1NS(=O)Cc1cccc(Cl)c1. The molecule has 0 saturated heterocycles. The number of aromatic nitrogens is 3. The largest absolute Gasteiger partial charge is 0.494 e. The lowest BCUT2D eigenvalue weighted by atomic mass is 10.2. The summed E-state index contributed by atoms with van der Waals surface area (Å²) < 4.78 is 27.8. The van der Waals surface area contributed by atoms with Gasteiger partial charge in [0.25, 0.3) is 0 Å². The monoisotopic (exact) mass is 392 g/mol. The molecule has 1 unspecified atom stereocenters. The number of para-hydroxylation sites is 1. The fourth-order valence-electron chi connectivity index (χ4n) is 2.45. The minimum absolute atomic E-state index is 0.274. The lowest BCUT2D eigenvalue weighted by Gasteiger charge is -2.15. The molecule has 0 saturated carbocycles. The van der Waals surface area contributed by atoms with Gasteiger partial charge < -0.3 is 9.47 Å². The highest BCUT2D eigenvalue weighted by Crippen LogP contribution is 2.33. The third kappa shape index (κ3) is 3.97. The van der Waals surface area contributed by atoms with Crippen LogP contribution in [0.3, 0.4) is 0 Å². The summed E-state index contributed by atoms with van der Waals surface area (Å²) in [4.78, 5) is 0. The van der Waals surface area contributed by atoms with Gasteiger partial charge in [0.1, 0.15) is 34.5 Å². The Hall–Kier alpha value is -2.58. The molecule has 0 aliphatic carbocycles. The second kappa shape index (κ2) is 8.20. The molecule has 9 heteroatoms. The van der Waals surface area contributed by atoms with Crippen molar-refractivity contribution in [1.82, 2.24) is 14.8 Å². The lowest BCUT2D eigenvalue weighted by molar-refractivity contribution is 0.391. The van der Waals surface area contributed by atoms with E-state index in [0.29, 0.717) is 28.2 Å². The molecule has 1 aromatic heterocycles. The summed E-state index contributed by atoms with van der Waals surface area (Å²) in [6, 6.07) is 12.6. The molecular formula is C17H17ClN4O3S. The molecule has 0 aliphatic rings. The number of halogens is 1. The van der Waals surface area contributed by atoms with Crippen LogP contribution in [-0.2, 0) is 16.7 Å². The molecule has 3 rings (SSSR count). The van der Waals surface area contributed by atoms with Crippen LogP contribution in [0.25, 0.3) is 5.69 Å². The summed E-state index contributed by atoms with van der Waals surface area (Å²) in [5, 5.41) is 8.52. The van der Waals surface area contributed by atoms with E-state index in [-0.39, 0.29) is 5.75 Å². The van der Waals surface area contributed by atoms with Gasteiger partial charge in [-0.05, 0) is 29.8 Å². The van der Waals surface area contributed by atoms with Gasteiger partial charge in [-0.25, -0.2) is 4.21 Å². The van der Waals surface area contributed by atoms with Crippen LogP contribution in [0.15, 0.2) is 48.8 Å². The van der Waals surface area contributed by atoms with E-state index in [9.17, 15) is 4.21 Å². The molecule has 0 fully saturated rings. The summed E-state index contributed by atoms with van der Waals surface area (Å²) in [6.07, 6.45) is 1.50. The standard InChI is InChI=1S/C17H17ClN4O3S/c1-24-14-7-4-8-15(25-2)16(14)22-11-19-20-17(22)21-26(23)10-12-5-3-6-13(18)9-12/h3-9,11H,10H2,1-2H3,(H,20,21). The Morgan fingerprint density at radius 3 is 2.50 bits per heavy atom. The summed E-state index contributed by atoms with van der Waals surface area (Å²) in [6.45, 7) is 0. The van der Waals surface area contributed by atoms with Crippen LogP contribution in [0.1, 0.15) is 5.56 Å². The van der Waals surface area contributed by atoms with Crippen molar-refractivity contribution in [2.45, 2.75) is 5.75 Å². The number of hydrogen-bond acceptors (Lipinski definition) is 5. The average molecular weight is 393 g/mol. The molecule has 3 aromatic rings. The van der Waals surface area contributed by atoms with Gasteiger partial charge in [0.2, 0.25) is 5.95 Å². The molecule has 0 bridgehead atoms. The predicted molar refractivity (Wildman–Crippen MR) is 101 cm³/mol. The van der Waals surface area contributed by atoms with Crippen LogP contribution < -0.4 is 14.2 Å². The molecule has 2 aromatic carbocycles. The van der Waals surface area contributed by atoms with Crippen molar-refractivity contribution < 1.29 is 13.7 Å². The normalized spacial score (nSPS) is 11.8. The number of nitrogens with zero attached hydrogens (tertiary/aromatic N) is 3. The smallest absolute Gasteiger partial charge is 0.241 e. The van der Waals surface area contributed by atoms with Gasteiger partial charge in [0.15, 0.2) is 0 Å². The second-order valence-corrected chi connectivity index (χ2v) is 6.88. The molecule has 26 heavy (non-hydrogen) atoms. The van der Waals surface area contributed by atoms with Gasteiger partial charge in [-0.2, -0.15) is 0 Å². The van der Waals surface area contributed by atoms with Crippen LogP contribution in [0.4, 0.5) is 5.95 Å². The Balaban J connectivity index is 1.87. The lowest BCUT2D eigenvalue weighted by Crippen LogP contribution is -2.12. The van der Waals surface area contributed by atoms with Crippen molar-refractivity contribution in [2.24, 2.45) is 0 Å². The van der Waals surface area contributed by atoms with Crippen molar-refractivity contribution in [3.8, 4) is 17.2 Å². The first kappa shape index (κ1) is 18.2. The Morgan fingerprint density at radius 2 is 1.85 bits per heavy atom. The maximum atomic E-state index is 12.5. The highest BCUT2D eigenvalue weighted by Gasteiger charge is 2.17. The third-order valence-corrected chi connectivity index (χ3v) is 4.82. The quantitative estimate of drug-likeness (QED) is 0.668. The van der Waals surface area contributed by atoms with Crippen LogP contribution in [0.2, 0.25) is 5.02 Å².